The normalized spacial score (nSPS) is 11.2. The minimum Gasteiger partial charge on any atom is -0.294 e. The Morgan fingerprint density at radius 1 is 1.20 bits per heavy atom. The highest BCUT2D eigenvalue weighted by molar-refractivity contribution is 14.1. The molecule has 0 bridgehead atoms. The van der Waals surface area contributed by atoms with Gasteiger partial charge in [-0.3, -0.25) is 4.57 Å². The molecular weight excluding hydrogens is 474 g/mol. The Hall–Kier alpha value is -0.300. The van der Waals surface area contributed by atoms with Crippen LogP contribution in [0.3, 0.4) is 0 Å². The maximum Gasteiger partial charge on any atom is 0.129 e. The molecule has 6 heteroatoms. The van der Waals surface area contributed by atoms with Crippen LogP contribution in [0, 0.1) is 3.57 Å². The second kappa shape index (κ2) is 5.83. The lowest BCUT2D eigenvalue weighted by atomic mass is 10.3. The third-order valence-electron chi connectivity index (χ3n) is 2.96. The number of benzene rings is 2. The van der Waals surface area contributed by atoms with Crippen molar-refractivity contribution < 1.29 is 0 Å². The minimum atomic E-state index is 0.348. The van der Waals surface area contributed by atoms with Crippen molar-refractivity contribution in [2.75, 3.05) is 0 Å². The van der Waals surface area contributed by atoms with Crippen molar-refractivity contribution in [3.63, 3.8) is 0 Å². The first-order chi connectivity index (χ1) is 9.60. The van der Waals surface area contributed by atoms with Crippen LogP contribution in [0.25, 0.3) is 16.7 Å². The number of hydrogen-bond donors (Lipinski definition) is 0. The fourth-order valence-electron chi connectivity index (χ4n) is 2.12. The van der Waals surface area contributed by atoms with Crippen LogP contribution in [0.1, 0.15) is 5.82 Å². The largest absolute Gasteiger partial charge is 0.294 e. The fourth-order valence-corrected chi connectivity index (χ4v) is 3.64. The predicted octanol–water partition coefficient (Wildman–Crippen LogP) is 5.78. The Balaban J connectivity index is 2.34. The van der Waals surface area contributed by atoms with E-state index < -0.39 is 0 Å². The molecule has 1 aromatic heterocycles. The summed E-state index contributed by atoms with van der Waals surface area (Å²) < 4.78 is 4.11. The number of nitrogens with zero attached hydrogens (tertiary/aromatic N) is 2. The monoisotopic (exact) mass is 480 g/mol. The number of alkyl halides is 1. The van der Waals surface area contributed by atoms with E-state index in [-0.39, 0.29) is 0 Å². The summed E-state index contributed by atoms with van der Waals surface area (Å²) in [5.41, 5.74) is 2.95. The van der Waals surface area contributed by atoms with Crippen molar-refractivity contribution in [2.24, 2.45) is 0 Å². The standard InChI is InChI=1S/C14H8BrCl2IN2/c15-10-5-8(17)1-3-12(10)20-13-4-2-9(18)6-11(13)19-14(20)7-16/h1-6H,7H2. The van der Waals surface area contributed by atoms with Crippen LogP contribution < -0.4 is 0 Å². The molecule has 0 radical (unpaired) electrons. The lowest BCUT2D eigenvalue weighted by molar-refractivity contribution is 0.977. The van der Waals surface area contributed by atoms with Gasteiger partial charge < -0.3 is 0 Å². The van der Waals surface area contributed by atoms with Crippen LogP contribution in [0.5, 0.6) is 0 Å². The highest BCUT2D eigenvalue weighted by Crippen LogP contribution is 2.30. The van der Waals surface area contributed by atoms with Gasteiger partial charge in [-0.05, 0) is 74.9 Å². The van der Waals surface area contributed by atoms with E-state index >= 15 is 0 Å². The van der Waals surface area contributed by atoms with Crippen molar-refractivity contribution in [3.05, 3.63) is 55.3 Å². The molecule has 2 nitrogen and oxygen atoms in total. The van der Waals surface area contributed by atoms with Crippen molar-refractivity contribution >= 4 is 72.8 Å². The van der Waals surface area contributed by atoms with Gasteiger partial charge in [0.25, 0.3) is 0 Å². The van der Waals surface area contributed by atoms with E-state index in [0.29, 0.717) is 10.9 Å². The Kier molecular flexibility index (Phi) is 4.26. The highest BCUT2D eigenvalue weighted by Gasteiger charge is 2.14. The van der Waals surface area contributed by atoms with Crippen molar-refractivity contribution in [1.29, 1.82) is 0 Å². The molecule has 0 unspecified atom stereocenters. The van der Waals surface area contributed by atoms with Crippen molar-refractivity contribution in [3.8, 4) is 5.69 Å². The Labute approximate surface area is 148 Å². The molecule has 0 spiro atoms. The lowest BCUT2D eigenvalue weighted by Gasteiger charge is -2.10. The van der Waals surface area contributed by atoms with E-state index in [1.165, 1.54) is 0 Å². The molecule has 3 rings (SSSR count). The molecule has 0 aliphatic carbocycles. The second-order valence-corrected chi connectivity index (χ2v) is 7.03. The average molecular weight is 482 g/mol. The van der Waals surface area contributed by atoms with Gasteiger partial charge in [0, 0.05) is 13.1 Å². The van der Waals surface area contributed by atoms with Crippen LogP contribution in [-0.2, 0) is 5.88 Å². The molecule has 0 N–H and O–H groups in total. The second-order valence-electron chi connectivity index (χ2n) is 4.23. The van der Waals surface area contributed by atoms with Gasteiger partial charge in [0.1, 0.15) is 5.82 Å². The molecule has 0 saturated heterocycles. The first kappa shape index (κ1) is 14.6. The summed E-state index contributed by atoms with van der Waals surface area (Å²) in [4.78, 5) is 4.60. The number of imidazole rings is 1. The molecule has 0 aliphatic heterocycles. The van der Waals surface area contributed by atoms with Crippen LogP contribution >= 0.6 is 61.7 Å². The third kappa shape index (κ3) is 2.58. The molecule has 102 valence electrons. The predicted molar refractivity (Wildman–Crippen MR) is 96.1 cm³/mol. The summed E-state index contributed by atoms with van der Waals surface area (Å²) in [7, 11) is 0. The fraction of sp³-hybridized carbons (Fsp3) is 0.0714. The molecule has 2 aromatic carbocycles. The molecular formula is C14H8BrCl2IN2. The average Bonchev–Trinajstić information content (AvgIpc) is 2.76. The van der Waals surface area contributed by atoms with Gasteiger partial charge in [-0.1, -0.05) is 11.6 Å². The third-order valence-corrected chi connectivity index (χ3v) is 4.74. The van der Waals surface area contributed by atoms with E-state index in [1.807, 2.05) is 24.3 Å². The maximum atomic E-state index is 6.05. The summed E-state index contributed by atoms with van der Waals surface area (Å²) in [6, 6.07) is 11.9. The molecule has 0 atom stereocenters. The van der Waals surface area contributed by atoms with Crippen molar-refractivity contribution in [2.45, 2.75) is 5.88 Å². The topological polar surface area (TPSA) is 17.8 Å². The van der Waals surface area contributed by atoms with Gasteiger partial charge in [-0.2, -0.15) is 0 Å². The van der Waals surface area contributed by atoms with Crippen LogP contribution in [0.4, 0.5) is 0 Å². The van der Waals surface area contributed by atoms with Gasteiger partial charge in [0.15, 0.2) is 0 Å². The molecule has 0 fully saturated rings. The Morgan fingerprint density at radius 3 is 2.70 bits per heavy atom. The number of rotatable bonds is 2. The van der Waals surface area contributed by atoms with Gasteiger partial charge in [-0.15, -0.1) is 11.6 Å². The lowest BCUT2D eigenvalue weighted by Crippen LogP contribution is -2.00. The number of hydrogen-bond acceptors (Lipinski definition) is 1. The van der Waals surface area contributed by atoms with Crippen LogP contribution in [0.2, 0.25) is 5.02 Å². The van der Waals surface area contributed by atoms with E-state index in [1.54, 1.807) is 0 Å². The summed E-state index contributed by atoms with van der Waals surface area (Å²) in [6.07, 6.45) is 0. The first-order valence-corrected chi connectivity index (χ1v) is 8.57. The van der Waals surface area contributed by atoms with E-state index in [9.17, 15) is 0 Å². The van der Waals surface area contributed by atoms with E-state index in [0.717, 1.165) is 30.6 Å². The maximum absolute atomic E-state index is 6.05. The summed E-state index contributed by atoms with van der Waals surface area (Å²) >= 11 is 17.9. The molecule has 0 amide bonds. The van der Waals surface area contributed by atoms with Gasteiger partial charge in [0.2, 0.25) is 0 Å². The minimum absolute atomic E-state index is 0.348. The molecule has 0 saturated carbocycles. The zero-order valence-electron chi connectivity index (χ0n) is 10.1. The van der Waals surface area contributed by atoms with Gasteiger partial charge >= 0.3 is 0 Å². The van der Waals surface area contributed by atoms with Gasteiger partial charge in [-0.25, -0.2) is 4.98 Å². The smallest absolute Gasteiger partial charge is 0.129 e. The molecule has 0 aliphatic rings. The number of halogens is 4. The van der Waals surface area contributed by atoms with Gasteiger partial charge in [0.05, 0.1) is 22.6 Å². The van der Waals surface area contributed by atoms with Crippen LogP contribution in [-0.4, -0.2) is 9.55 Å². The molecule has 1 heterocycles. The quantitative estimate of drug-likeness (QED) is 0.335. The SMILES string of the molecule is ClCc1nc2cc(I)ccc2n1-c1ccc(Cl)cc1Br. The Bertz CT molecular complexity index is 801. The van der Waals surface area contributed by atoms with E-state index in [4.69, 9.17) is 23.2 Å². The number of fused-ring (bicyclic) bond motifs is 1. The zero-order chi connectivity index (χ0) is 14.3. The summed E-state index contributed by atoms with van der Waals surface area (Å²) in [6.45, 7) is 0. The van der Waals surface area contributed by atoms with E-state index in [2.05, 4.69) is 60.2 Å². The summed E-state index contributed by atoms with van der Waals surface area (Å²) in [5, 5.41) is 0.687. The summed E-state index contributed by atoms with van der Waals surface area (Å²) in [5.74, 6) is 1.16. The van der Waals surface area contributed by atoms with Crippen LogP contribution in [0.15, 0.2) is 40.9 Å². The Morgan fingerprint density at radius 2 is 2.00 bits per heavy atom. The molecule has 20 heavy (non-hydrogen) atoms. The highest BCUT2D eigenvalue weighted by atomic mass is 127. The number of aromatic nitrogens is 2. The zero-order valence-corrected chi connectivity index (χ0v) is 15.3. The molecule has 3 aromatic rings. The van der Waals surface area contributed by atoms with Crippen molar-refractivity contribution in [1.82, 2.24) is 9.55 Å². The first-order valence-electron chi connectivity index (χ1n) is 5.78.